The van der Waals surface area contributed by atoms with Gasteiger partial charge in [0.15, 0.2) is 0 Å². The van der Waals surface area contributed by atoms with Crippen molar-refractivity contribution < 1.29 is 14.1 Å². The number of nitrogens with zero attached hydrogens (tertiary/aromatic N) is 3. The molecule has 0 unspecified atom stereocenters. The molecule has 0 spiro atoms. The summed E-state index contributed by atoms with van der Waals surface area (Å²) >= 11 is 5.65. The maximum Gasteiger partial charge on any atom is 0.312 e. The quantitative estimate of drug-likeness (QED) is 0.633. The molecule has 128 valence electrons. The van der Waals surface area contributed by atoms with Crippen LogP contribution in [0.25, 0.3) is 0 Å². The largest absolute Gasteiger partial charge is 0.326 e. The zero-order valence-corrected chi connectivity index (χ0v) is 13.9. The Morgan fingerprint density at radius 1 is 1.46 bits per heavy atom. The first kappa shape index (κ1) is 17.9. The van der Waals surface area contributed by atoms with Crippen LogP contribution in [0.15, 0.2) is 18.2 Å². The van der Waals surface area contributed by atoms with Crippen molar-refractivity contribution in [3.63, 3.8) is 0 Å². The number of aryl methyl sites for hydroxylation is 2. The van der Waals surface area contributed by atoms with Gasteiger partial charge in [-0.05, 0) is 38.5 Å². The van der Waals surface area contributed by atoms with Crippen molar-refractivity contribution in [2.75, 3.05) is 5.32 Å². The summed E-state index contributed by atoms with van der Waals surface area (Å²) in [5, 5.41) is 17.6. The maximum atomic E-state index is 13.1. The number of hydrogen-bond acceptors (Lipinski definition) is 4. The standard InChI is InChI=1S/C15H16ClFN4O3/c1-9-15(21(23)24)10(2)20(19-9)7-3-4-14(22)18-11-5-6-13(17)12(16)8-11/h5-6,8H,3-4,7H2,1-2H3,(H,18,22). The monoisotopic (exact) mass is 354 g/mol. The smallest absolute Gasteiger partial charge is 0.312 e. The van der Waals surface area contributed by atoms with Gasteiger partial charge in [0.1, 0.15) is 17.2 Å². The van der Waals surface area contributed by atoms with Crippen LogP contribution in [-0.4, -0.2) is 20.6 Å². The van der Waals surface area contributed by atoms with Crippen LogP contribution >= 0.6 is 11.6 Å². The highest BCUT2D eigenvalue weighted by Gasteiger charge is 2.21. The molecule has 0 aliphatic carbocycles. The first-order valence-corrected chi connectivity index (χ1v) is 7.60. The number of carbonyl (C=O) groups excluding carboxylic acids is 1. The fourth-order valence-corrected chi connectivity index (χ4v) is 2.54. The minimum atomic E-state index is -0.555. The first-order valence-electron chi connectivity index (χ1n) is 7.23. The highest BCUT2D eigenvalue weighted by Crippen LogP contribution is 2.22. The Balaban J connectivity index is 1.90. The molecule has 1 amide bonds. The van der Waals surface area contributed by atoms with E-state index in [0.717, 1.165) is 0 Å². The maximum absolute atomic E-state index is 13.1. The number of rotatable bonds is 6. The Morgan fingerprint density at radius 2 is 2.17 bits per heavy atom. The molecule has 0 saturated heterocycles. The van der Waals surface area contributed by atoms with Gasteiger partial charge in [-0.15, -0.1) is 0 Å². The normalized spacial score (nSPS) is 10.7. The summed E-state index contributed by atoms with van der Waals surface area (Å²) in [5.41, 5.74) is 1.22. The molecule has 2 aromatic rings. The third-order valence-corrected chi connectivity index (χ3v) is 3.79. The zero-order valence-electron chi connectivity index (χ0n) is 13.2. The number of nitrogens with one attached hydrogen (secondary N) is 1. The Morgan fingerprint density at radius 3 is 2.75 bits per heavy atom. The predicted molar refractivity (Wildman–Crippen MR) is 87.6 cm³/mol. The lowest BCUT2D eigenvalue weighted by Crippen LogP contribution is -2.13. The lowest BCUT2D eigenvalue weighted by Gasteiger charge is -2.07. The average molecular weight is 355 g/mol. The van der Waals surface area contributed by atoms with Crippen molar-refractivity contribution >= 4 is 28.9 Å². The topological polar surface area (TPSA) is 90.1 Å². The van der Waals surface area contributed by atoms with Gasteiger partial charge < -0.3 is 5.32 Å². The lowest BCUT2D eigenvalue weighted by molar-refractivity contribution is -0.386. The van der Waals surface area contributed by atoms with Crippen molar-refractivity contribution in [3.8, 4) is 0 Å². The summed E-state index contributed by atoms with van der Waals surface area (Å²) in [6.45, 7) is 3.59. The van der Waals surface area contributed by atoms with E-state index in [-0.39, 0.29) is 23.0 Å². The SMILES string of the molecule is Cc1nn(CCCC(=O)Nc2ccc(F)c(Cl)c2)c(C)c1[N+](=O)[O-]. The molecule has 0 fully saturated rings. The molecule has 0 atom stereocenters. The van der Waals surface area contributed by atoms with Crippen LogP contribution in [0.4, 0.5) is 15.8 Å². The van der Waals surface area contributed by atoms with E-state index in [9.17, 15) is 19.3 Å². The van der Waals surface area contributed by atoms with Gasteiger partial charge in [-0.2, -0.15) is 5.10 Å². The van der Waals surface area contributed by atoms with Gasteiger partial charge in [-0.3, -0.25) is 19.6 Å². The second-order valence-electron chi connectivity index (χ2n) is 5.28. The van der Waals surface area contributed by atoms with Gasteiger partial charge in [-0.1, -0.05) is 11.6 Å². The van der Waals surface area contributed by atoms with Crippen LogP contribution in [0.1, 0.15) is 24.2 Å². The molecule has 0 aliphatic rings. The number of aromatic nitrogens is 2. The summed E-state index contributed by atoms with van der Waals surface area (Å²) in [5.74, 6) is -0.811. The number of carbonyl (C=O) groups is 1. The van der Waals surface area contributed by atoms with Gasteiger partial charge in [0.05, 0.1) is 9.95 Å². The highest BCUT2D eigenvalue weighted by molar-refractivity contribution is 6.31. The van der Waals surface area contributed by atoms with E-state index in [2.05, 4.69) is 10.4 Å². The van der Waals surface area contributed by atoms with Gasteiger partial charge >= 0.3 is 5.69 Å². The minimum absolute atomic E-state index is 0.000376. The van der Waals surface area contributed by atoms with Crippen LogP contribution in [0, 0.1) is 29.8 Å². The number of hydrogen-bond donors (Lipinski definition) is 1. The zero-order chi connectivity index (χ0) is 17.9. The van der Waals surface area contributed by atoms with Crippen LogP contribution in [-0.2, 0) is 11.3 Å². The van der Waals surface area contributed by atoms with E-state index in [1.807, 2.05) is 0 Å². The first-order chi connectivity index (χ1) is 11.3. The molecule has 24 heavy (non-hydrogen) atoms. The van der Waals surface area contributed by atoms with Crippen molar-refractivity contribution in [1.29, 1.82) is 0 Å². The minimum Gasteiger partial charge on any atom is -0.326 e. The Labute approximate surface area is 142 Å². The van der Waals surface area contributed by atoms with Crippen molar-refractivity contribution in [2.24, 2.45) is 0 Å². The fourth-order valence-electron chi connectivity index (χ4n) is 2.36. The second-order valence-corrected chi connectivity index (χ2v) is 5.69. The number of anilines is 1. The molecule has 0 bridgehead atoms. The third-order valence-electron chi connectivity index (χ3n) is 3.50. The molecule has 1 aromatic carbocycles. The van der Waals surface area contributed by atoms with Gasteiger partial charge in [0.2, 0.25) is 5.91 Å². The van der Waals surface area contributed by atoms with E-state index in [0.29, 0.717) is 30.0 Å². The third kappa shape index (κ3) is 4.08. The fraction of sp³-hybridized carbons (Fsp3) is 0.333. The molecule has 9 heteroatoms. The van der Waals surface area contributed by atoms with Gasteiger partial charge in [-0.25, -0.2) is 4.39 Å². The molecular weight excluding hydrogens is 339 g/mol. The molecule has 0 saturated carbocycles. The number of benzene rings is 1. The summed E-state index contributed by atoms with van der Waals surface area (Å²) < 4.78 is 14.6. The highest BCUT2D eigenvalue weighted by atomic mass is 35.5. The van der Waals surface area contributed by atoms with E-state index < -0.39 is 10.7 Å². The predicted octanol–water partition coefficient (Wildman–Crippen LogP) is 3.62. The van der Waals surface area contributed by atoms with Gasteiger partial charge in [0.25, 0.3) is 0 Å². The van der Waals surface area contributed by atoms with Crippen molar-refractivity contribution in [3.05, 3.63) is 50.5 Å². The Hall–Kier alpha value is -2.48. The molecular formula is C15H16ClFN4O3. The summed E-state index contributed by atoms with van der Waals surface area (Å²) in [7, 11) is 0. The van der Waals surface area contributed by atoms with Crippen molar-refractivity contribution in [2.45, 2.75) is 33.2 Å². The van der Waals surface area contributed by atoms with Crippen LogP contribution in [0.5, 0.6) is 0 Å². The van der Waals surface area contributed by atoms with Gasteiger partial charge in [0, 0.05) is 18.7 Å². The molecule has 1 aromatic heterocycles. The average Bonchev–Trinajstić information content (AvgIpc) is 2.77. The van der Waals surface area contributed by atoms with E-state index in [1.165, 1.54) is 22.9 Å². The Kier molecular flexibility index (Phi) is 5.50. The molecule has 7 nitrogen and oxygen atoms in total. The lowest BCUT2D eigenvalue weighted by atomic mass is 10.2. The number of amides is 1. The second kappa shape index (κ2) is 7.39. The summed E-state index contributed by atoms with van der Waals surface area (Å²) in [4.78, 5) is 22.4. The summed E-state index contributed by atoms with van der Waals surface area (Å²) in [6.07, 6.45) is 0.654. The van der Waals surface area contributed by atoms with Crippen LogP contribution in [0.2, 0.25) is 5.02 Å². The van der Waals surface area contributed by atoms with E-state index in [1.54, 1.807) is 13.8 Å². The molecule has 2 rings (SSSR count). The van der Waals surface area contributed by atoms with E-state index >= 15 is 0 Å². The van der Waals surface area contributed by atoms with Crippen LogP contribution < -0.4 is 5.32 Å². The molecule has 0 radical (unpaired) electrons. The summed E-state index contributed by atoms with van der Waals surface area (Å²) in [6, 6.07) is 3.93. The Bertz CT molecular complexity index is 791. The van der Waals surface area contributed by atoms with Crippen molar-refractivity contribution in [1.82, 2.24) is 9.78 Å². The molecule has 1 N–H and O–H groups in total. The van der Waals surface area contributed by atoms with E-state index in [4.69, 9.17) is 11.6 Å². The molecule has 1 heterocycles. The number of halogens is 2. The van der Waals surface area contributed by atoms with Crippen LogP contribution in [0.3, 0.4) is 0 Å². The molecule has 0 aliphatic heterocycles. The number of nitro groups is 1.